The topological polar surface area (TPSA) is 69.4 Å². The lowest BCUT2D eigenvalue weighted by atomic mass is 10.1. The average molecular weight is 308 g/mol. The van der Waals surface area contributed by atoms with Crippen LogP contribution in [-0.4, -0.2) is 18.3 Å². The van der Waals surface area contributed by atoms with Gasteiger partial charge in [0.2, 0.25) is 5.78 Å². The normalized spacial score (nSPS) is 10.2. The molecule has 6 heteroatoms. The van der Waals surface area contributed by atoms with Crippen LogP contribution in [0.3, 0.4) is 0 Å². The quantitative estimate of drug-likeness (QED) is 0.864. The summed E-state index contributed by atoms with van der Waals surface area (Å²) in [6, 6.07) is 10.3. The molecule has 0 heterocycles. The van der Waals surface area contributed by atoms with Crippen molar-refractivity contribution >= 4 is 23.3 Å². The van der Waals surface area contributed by atoms with Crippen molar-refractivity contribution in [2.45, 2.75) is 0 Å². The molecule has 0 aliphatic carbocycles. The molecule has 0 atom stereocenters. The maximum atomic E-state index is 13.5. The number of halogens is 2. The number of Topliss-reactive ketones (excluding diaryl/α,β-unsaturated/α-hetero) is 1. The fourth-order valence-corrected chi connectivity index (χ4v) is 2.01. The highest BCUT2D eigenvalue weighted by molar-refractivity contribution is 6.34. The Labute approximate surface area is 125 Å². The highest BCUT2D eigenvalue weighted by atomic mass is 35.5. The smallest absolute Gasteiger partial charge is 0.255 e. The number of carbonyl (C=O) groups is 2. The summed E-state index contributed by atoms with van der Waals surface area (Å²) < 4.78 is 18.7. The van der Waals surface area contributed by atoms with Crippen molar-refractivity contribution in [1.82, 2.24) is 0 Å². The summed E-state index contributed by atoms with van der Waals surface area (Å²) in [6.07, 6.45) is 0. The number of primary amides is 1. The third-order valence-electron chi connectivity index (χ3n) is 2.75. The summed E-state index contributed by atoms with van der Waals surface area (Å²) in [4.78, 5) is 23.2. The van der Waals surface area contributed by atoms with Gasteiger partial charge in [-0.2, -0.15) is 0 Å². The Bertz CT molecular complexity index is 703. The molecule has 0 aromatic heterocycles. The predicted octanol–water partition coefficient (Wildman–Crippen LogP) is 2.84. The fraction of sp³-hybridized carbons (Fsp3) is 0.0667. The molecule has 4 nitrogen and oxygen atoms in total. The molecule has 0 bridgehead atoms. The molecule has 0 aliphatic rings. The summed E-state index contributed by atoms with van der Waals surface area (Å²) >= 11 is 5.90. The van der Waals surface area contributed by atoms with Crippen LogP contribution in [0.2, 0.25) is 5.02 Å². The fourth-order valence-electron chi connectivity index (χ4n) is 1.77. The van der Waals surface area contributed by atoms with E-state index in [0.29, 0.717) is 5.02 Å². The molecular formula is C15H11ClFNO3. The highest BCUT2D eigenvalue weighted by Gasteiger charge is 2.17. The zero-order chi connectivity index (χ0) is 15.4. The maximum Gasteiger partial charge on any atom is 0.255 e. The third-order valence-corrected chi connectivity index (χ3v) is 3.08. The van der Waals surface area contributed by atoms with E-state index in [4.69, 9.17) is 22.1 Å². The molecular weight excluding hydrogens is 297 g/mol. The van der Waals surface area contributed by atoms with Crippen LogP contribution in [-0.2, 0) is 0 Å². The molecule has 0 radical (unpaired) electrons. The number of amides is 1. The number of rotatable bonds is 5. The summed E-state index contributed by atoms with van der Waals surface area (Å²) in [5, 5.41) is 0.292. The Morgan fingerprint density at radius 1 is 1.14 bits per heavy atom. The number of hydrogen-bond donors (Lipinski definition) is 1. The van der Waals surface area contributed by atoms with Gasteiger partial charge in [-0.3, -0.25) is 9.59 Å². The van der Waals surface area contributed by atoms with Crippen molar-refractivity contribution in [2.24, 2.45) is 5.73 Å². The number of ether oxygens (including phenoxy) is 1. The van der Waals surface area contributed by atoms with Crippen LogP contribution in [0.1, 0.15) is 20.7 Å². The zero-order valence-electron chi connectivity index (χ0n) is 10.8. The second-order valence-electron chi connectivity index (χ2n) is 4.17. The van der Waals surface area contributed by atoms with E-state index in [0.717, 1.165) is 6.07 Å². The Morgan fingerprint density at radius 3 is 2.52 bits per heavy atom. The maximum absolute atomic E-state index is 13.5. The highest BCUT2D eigenvalue weighted by Crippen LogP contribution is 2.22. The Hall–Kier alpha value is -2.40. The van der Waals surface area contributed by atoms with Crippen LogP contribution in [0, 0.1) is 5.82 Å². The van der Waals surface area contributed by atoms with Gasteiger partial charge in [-0.15, -0.1) is 0 Å². The van der Waals surface area contributed by atoms with Crippen molar-refractivity contribution in [1.29, 1.82) is 0 Å². The van der Waals surface area contributed by atoms with Crippen LogP contribution in [0.5, 0.6) is 5.75 Å². The summed E-state index contributed by atoms with van der Waals surface area (Å²) in [7, 11) is 0. The van der Waals surface area contributed by atoms with Gasteiger partial charge in [0.1, 0.15) is 17.1 Å². The molecule has 0 aliphatic heterocycles. The minimum absolute atomic E-state index is 0.0806. The molecule has 2 aromatic rings. The minimum atomic E-state index is -0.965. The molecule has 21 heavy (non-hydrogen) atoms. The summed E-state index contributed by atoms with van der Waals surface area (Å²) in [6.45, 7) is -0.381. The van der Waals surface area contributed by atoms with Crippen LogP contribution in [0.4, 0.5) is 4.39 Å². The van der Waals surface area contributed by atoms with Gasteiger partial charge in [0, 0.05) is 5.56 Å². The van der Waals surface area contributed by atoms with Gasteiger partial charge >= 0.3 is 0 Å². The Morgan fingerprint density at radius 2 is 1.86 bits per heavy atom. The third kappa shape index (κ3) is 3.38. The first-order chi connectivity index (χ1) is 10.0. The van der Waals surface area contributed by atoms with E-state index in [2.05, 4.69) is 0 Å². The van der Waals surface area contributed by atoms with Crippen LogP contribution in [0.15, 0.2) is 42.5 Å². The molecule has 2 N–H and O–H groups in total. The molecule has 108 valence electrons. The van der Waals surface area contributed by atoms with Crippen molar-refractivity contribution < 1.29 is 18.7 Å². The van der Waals surface area contributed by atoms with Crippen LogP contribution in [0.25, 0.3) is 0 Å². The largest absolute Gasteiger partial charge is 0.484 e. The SMILES string of the molecule is NC(=O)c1c(F)cccc1OCC(=O)c1ccccc1Cl. The number of nitrogens with two attached hydrogens (primary N) is 1. The molecule has 1 amide bonds. The van der Waals surface area contributed by atoms with Gasteiger partial charge in [-0.05, 0) is 24.3 Å². The van der Waals surface area contributed by atoms with Crippen LogP contribution >= 0.6 is 11.6 Å². The van der Waals surface area contributed by atoms with Crippen molar-refractivity contribution in [2.75, 3.05) is 6.61 Å². The first-order valence-corrected chi connectivity index (χ1v) is 6.37. The first-order valence-electron chi connectivity index (χ1n) is 5.99. The Balaban J connectivity index is 2.18. The van der Waals surface area contributed by atoms with E-state index in [1.807, 2.05) is 0 Å². The standard InChI is InChI=1S/C15H11ClFNO3/c16-10-5-2-1-4-9(10)12(19)8-21-13-7-3-6-11(17)14(13)15(18)20/h1-7H,8H2,(H2,18,20). The van der Waals surface area contributed by atoms with Gasteiger partial charge in [-0.25, -0.2) is 4.39 Å². The summed E-state index contributed by atoms with van der Waals surface area (Å²) in [5.74, 6) is -2.23. The van der Waals surface area contributed by atoms with E-state index in [1.54, 1.807) is 24.3 Å². The molecule has 0 unspecified atom stereocenters. The summed E-state index contributed by atoms with van der Waals surface area (Å²) in [5.41, 5.74) is 5.00. The van der Waals surface area contributed by atoms with Gasteiger partial charge < -0.3 is 10.5 Å². The Kier molecular flexibility index (Phi) is 4.55. The second-order valence-corrected chi connectivity index (χ2v) is 4.58. The lowest BCUT2D eigenvalue weighted by molar-refractivity contribution is 0.0911. The van der Waals surface area contributed by atoms with Gasteiger partial charge in [0.05, 0.1) is 5.02 Å². The molecule has 0 fully saturated rings. The number of ketones is 1. The van der Waals surface area contributed by atoms with Crippen molar-refractivity contribution in [3.05, 3.63) is 64.4 Å². The lowest BCUT2D eigenvalue weighted by Crippen LogP contribution is -2.18. The number of carbonyl (C=O) groups excluding carboxylic acids is 2. The first kappa shape index (κ1) is 15.0. The molecule has 0 saturated carbocycles. The van der Waals surface area contributed by atoms with Crippen molar-refractivity contribution in [3.8, 4) is 5.75 Å². The van der Waals surface area contributed by atoms with Crippen LogP contribution < -0.4 is 10.5 Å². The van der Waals surface area contributed by atoms with Crippen molar-refractivity contribution in [3.63, 3.8) is 0 Å². The molecule has 0 saturated heterocycles. The minimum Gasteiger partial charge on any atom is -0.484 e. The second kappa shape index (κ2) is 6.37. The van der Waals surface area contributed by atoms with E-state index in [9.17, 15) is 14.0 Å². The van der Waals surface area contributed by atoms with E-state index in [1.165, 1.54) is 12.1 Å². The number of benzene rings is 2. The number of hydrogen-bond acceptors (Lipinski definition) is 3. The van der Waals surface area contributed by atoms with E-state index < -0.39 is 11.7 Å². The van der Waals surface area contributed by atoms with E-state index in [-0.39, 0.29) is 29.3 Å². The van der Waals surface area contributed by atoms with Gasteiger partial charge in [-0.1, -0.05) is 29.8 Å². The van der Waals surface area contributed by atoms with Gasteiger partial charge in [0.15, 0.2) is 6.61 Å². The van der Waals surface area contributed by atoms with Gasteiger partial charge in [0.25, 0.3) is 5.91 Å². The lowest BCUT2D eigenvalue weighted by Gasteiger charge is -2.10. The van der Waals surface area contributed by atoms with E-state index >= 15 is 0 Å². The molecule has 0 spiro atoms. The monoisotopic (exact) mass is 307 g/mol. The average Bonchev–Trinajstić information content (AvgIpc) is 2.44. The zero-order valence-corrected chi connectivity index (χ0v) is 11.6. The molecule has 2 rings (SSSR count). The predicted molar refractivity (Wildman–Crippen MR) is 76.2 cm³/mol. The molecule has 2 aromatic carbocycles.